The first-order valence-electron chi connectivity index (χ1n) is 10.8. The van der Waals surface area contributed by atoms with Crippen LogP contribution in [0, 0.1) is 17.6 Å². The number of halogens is 2. The molecule has 2 aromatic carbocycles. The van der Waals surface area contributed by atoms with Crippen molar-refractivity contribution in [3.63, 3.8) is 0 Å². The number of amides is 2. The van der Waals surface area contributed by atoms with Gasteiger partial charge >= 0.3 is 0 Å². The van der Waals surface area contributed by atoms with E-state index in [4.69, 9.17) is 4.74 Å². The molecule has 1 fully saturated rings. The molecule has 32 heavy (non-hydrogen) atoms. The Morgan fingerprint density at radius 1 is 1.22 bits per heavy atom. The molecule has 1 N–H and O–H groups in total. The summed E-state index contributed by atoms with van der Waals surface area (Å²) >= 11 is 0. The maximum absolute atomic E-state index is 14.1. The van der Waals surface area contributed by atoms with Crippen LogP contribution >= 0.6 is 0 Å². The third-order valence-electron chi connectivity index (χ3n) is 5.90. The molecule has 172 valence electrons. The van der Waals surface area contributed by atoms with Crippen LogP contribution in [-0.4, -0.2) is 50.0 Å². The van der Waals surface area contributed by atoms with Crippen LogP contribution in [0.25, 0.3) is 0 Å². The zero-order chi connectivity index (χ0) is 23.3. The molecule has 1 saturated heterocycles. The third-order valence-corrected chi connectivity index (χ3v) is 5.90. The number of anilines is 1. The molecule has 1 aliphatic rings. The molecule has 8 heteroatoms. The Bertz CT molecular complexity index is 965. The fraction of sp³-hybridized carbons (Fsp3) is 0.417. The number of carbonyl (C=O) groups is 2. The first kappa shape index (κ1) is 23.7. The monoisotopic (exact) mass is 445 g/mol. The normalized spacial score (nSPS) is 17.0. The number of likely N-dealkylation sites (N-methyl/N-ethyl adjacent to an activating group) is 1. The van der Waals surface area contributed by atoms with Crippen molar-refractivity contribution in [1.29, 1.82) is 0 Å². The van der Waals surface area contributed by atoms with E-state index in [1.165, 1.54) is 11.0 Å². The number of nitrogens with one attached hydrogen (secondary N) is 1. The summed E-state index contributed by atoms with van der Waals surface area (Å²) in [6.45, 7) is 6.14. The number of methoxy groups -OCH3 is 1. The highest BCUT2D eigenvalue weighted by molar-refractivity contribution is 6.00. The van der Waals surface area contributed by atoms with E-state index in [1.54, 1.807) is 7.11 Å². The summed E-state index contributed by atoms with van der Waals surface area (Å²) in [5.41, 5.74) is 1.01. The maximum Gasteiger partial charge on any atom is 0.227 e. The second-order valence-electron chi connectivity index (χ2n) is 7.76. The lowest BCUT2D eigenvalue weighted by atomic mass is 10.0. The quantitative estimate of drug-likeness (QED) is 0.642. The lowest BCUT2D eigenvalue weighted by Gasteiger charge is -2.30. The summed E-state index contributed by atoms with van der Waals surface area (Å²) in [6.07, 6.45) is -0.0161. The Morgan fingerprint density at radius 2 is 1.97 bits per heavy atom. The van der Waals surface area contributed by atoms with Crippen LogP contribution in [0.2, 0.25) is 0 Å². The van der Waals surface area contributed by atoms with Gasteiger partial charge in [-0.2, -0.15) is 0 Å². The summed E-state index contributed by atoms with van der Waals surface area (Å²) in [4.78, 5) is 28.7. The van der Waals surface area contributed by atoms with Gasteiger partial charge in [0.15, 0.2) is 0 Å². The zero-order valence-corrected chi connectivity index (χ0v) is 18.6. The molecular formula is C24H29F2N3O3. The summed E-state index contributed by atoms with van der Waals surface area (Å²) in [5.74, 6) is -2.02. The molecule has 6 nitrogen and oxygen atoms in total. The van der Waals surface area contributed by atoms with Crippen LogP contribution in [0.4, 0.5) is 14.5 Å². The largest absolute Gasteiger partial charge is 0.497 e. The Balaban J connectivity index is 1.70. The molecule has 0 radical (unpaired) electrons. The predicted octanol–water partition coefficient (Wildman–Crippen LogP) is 3.53. The molecule has 2 atom stereocenters. The molecule has 2 aromatic rings. The van der Waals surface area contributed by atoms with E-state index >= 15 is 0 Å². The van der Waals surface area contributed by atoms with Crippen molar-refractivity contribution in [3.8, 4) is 5.75 Å². The minimum atomic E-state index is -0.820. The smallest absolute Gasteiger partial charge is 0.227 e. The summed E-state index contributed by atoms with van der Waals surface area (Å²) in [7, 11) is 1.61. The summed E-state index contributed by atoms with van der Waals surface area (Å²) < 4.78 is 32.7. The molecule has 3 rings (SSSR count). The van der Waals surface area contributed by atoms with Crippen LogP contribution in [0.3, 0.4) is 0 Å². The standard InChI is InChI=1S/C24H29F2N3O3/c1-4-28(5-2)22(16-7-6-8-19(11-16)32-3)14-27-24(31)17-12-23(30)29(15-17)21-10-9-18(25)13-20(21)26/h6-11,13,17,22H,4-5,12,14-15H2,1-3H3,(H,27,31). The van der Waals surface area contributed by atoms with E-state index in [0.717, 1.165) is 36.5 Å². The van der Waals surface area contributed by atoms with Gasteiger partial charge in [0, 0.05) is 25.6 Å². The molecule has 0 bridgehead atoms. The molecular weight excluding hydrogens is 416 g/mol. The third kappa shape index (κ3) is 5.24. The van der Waals surface area contributed by atoms with E-state index in [2.05, 4.69) is 24.1 Å². The molecule has 1 heterocycles. The minimum absolute atomic E-state index is 0.0101. The van der Waals surface area contributed by atoms with E-state index in [-0.39, 0.29) is 36.5 Å². The van der Waals surface area contributed by atoms with E-state index in [9.17, 15) is 18.4 Å². The Morgan fingerprint density at radius 3 is 2.62 bits per heavy atom. The van der Waals surface area contributed by atoms with Crippen molar-refractivity contribution in [2.75, 3.05) is 38.2 Å². The SMILES string of the molecule is CCN(CC)C(CNC(=O)C1CC(=O)N(c2ccc(F)cc2F)C1)c1cccc(OC)c1. The average Bonchev–Trinajstić information content (AvgIpc) is 3.18. The van der Waals surface area contributed by atoms with Crippen LogP contribution < -0.4 is 15.0 Å². The van der Waals surface area contributed by atoms with Gasteiger partial charge in [0.05, 0.1) is 24.8 Å². The topological polar surface area (TPSA) is 61.9 Å². The second-order valence-corrected chi connectivity index (χ2v) is 7.76. The fourth-order valence-corrected chi connectivity index (χ4v) is 4.13. The Kier molecular flexibility index (Phi) is 7.80. The first-order chi connectivity index (χ1) is 15.4. The number of nitrogens with zero attached hydrogens (tertiary/aromatic N) is 2. The van der Waals surface area contributed by atoms with Gasteiger partial charge in [-0.15, -0.1) is 0 Å². The minimum Gasteiger partial charge on any atom is -0.497 e. The Hall–Kier alpha value is -3.00. The molecule has 1 aliphatic heterocycles. The molecule has 0 spiro atoms. The first-order valence-corrected chi connectivity index (χ1v) is 10.8. The highest BCUT2D eigenvalue weighted by atomic mass is 19.1. The van der Waals surface area contributed by atoms with Crippen molar-refractivity contribution in [3.05, 3.63) is 59.7 Å². The van der Waals surface area contributed by atoms with Crippen molar-refractivity contribution in [1.82, 2.24) is 10.2 Å². The zero-order valence-electron chi connectivity index (χ0n) is 18.6. The van der Waals surface area contributed by atoms with Gasteiger partial charge in [-0.05, 0) is 42.9 Å². The van der Waals surface area contributed by atoms with Crippen LogP contribution in [0.15, 0.2) is 42.5 Å². The van der Waals surface area contributed by atoms with Crippen molar-refractivity contribution in [2.24, 2.45) is 5.92 Å². The van der Waals surface area contributed by atoms with Crippen molar-refractivity contribution >= 4 is 17.5 Å². The molecule has 0 aromatic heterocycles. The van der Waals surface area contributed by atoms with E-state index in [1.807, 2.05) is 24.3 Å². The van der Waals surface area contributed by atoms with Gasteiger partial charge in [-0.25, -0.2) is 8.78 Å². The van der Waals surface area contributed by atoms with Gasteiger partial charge in [-0.3, -0.25) is 14.5 Å². The van der Waals surface area contributed by atoms with Gasteiger partial charge in [0.25, 0.3) is 0 Å². The average molecular weight is 446 g/mol. The number of carbonyl (C=O) groups excluding carboxylic acids is 2. The number of benzene rings is 2. The second kappa shape index (κ2) is 10.5. The summed E-state index contributed by atoms with van der Waals surface area (Å²) in [5, 5.41) is 2.97. The highest BCUT2D eigenvalue weighted by Crippen LogP contribution is 2.29. The van der Waals surface area contributed by atoms with E-state index < -0.39 is 17.6 Å². The van der Waals surface area contributed by atoms with Crippen LogP contribution in [0.5, 0.6) is 5.75 Å². The van der Waals surface area contributed by atoms with Gasteiger partial charge in [0.1, 0.15) is 17.4 Å². The van der Waals surface area contributed by atoms with Crippen molar-refractivity contribution in [2.45, 2.75) is 26.3 Å². The van der Waals surface area contributed by atoms with Crippen molar-refractivity contribution < 1.29 is 23.1 Å². The fourth-order valence-electron chi connectivity index (χ4n) is 4.13. The van der Waals surface area contributed by atoms with Crippen LogP contribution in [0.1, 0.15) is 31.9 Å². The van der Waals surface area contributed by atoms with Gasteiger partial charge in [-0.1, -0.05) is 26.0 Å². The maximum atomic E-state index is 14.1. The highest BCUT2D eigenvalue weighted by Gasteiger charge is 2.36. The number of hydrogen-bond donors (Lipinski definition) is 1. The molecule has 0 aliphatic carbocycles. The number of ether oxygens (including phenoxy) is 1. The Labute approximate surface area is 187 Å². The van der Waals surface area contributed by atoms with Gasteiger partial charge < -0.3 is 15.0 Å². The van der Waals surface area contributed by atoms with Gasteiger partial charge in [0.2, 0.25) is 11.8 Å². The van der Waals surface area contributed by atoms with E-state index in [0.29, 0.717) is 6.54 Å². The number of hydrogen-bond acceptors (Lipinski definition) is 4. The molecule has 2 unspecified atom stereocenters. The van der Waals surface area contributed by atoms with Crippen LogP contribution in [-0.2, 0) is 9.59 Å². The number of rotatable bonds is 9. The predicted molar refractivity (Wildman–Crippen MR) is 118 cm³/mol. The lowest BCUT2D eigenvalue weighted by Crippen LogP contribution is -2.40. The lowest BCUT2D eigenvalue weighted by molar-refractivity contribution is -0.126. The molecule has 0 saturated carbocycles. The summed E-state index contributed by atoms with van der Waals surface area (Å²) in [6, 6.07) is 10.7. The molecule has 2 amide bonds.